The molecule has 0 aromatic carbocycles. The predicted octanol–water partition coefficient (Wildman–Crippen LogP) is 4.26. The predicted molar refractivity (Wildman–Crippen MR) is 79.2 cm³/mol. The minimum atomic E-state index is -0.278. The summed E-state index contributed by atoms with van der Waals surface area (Å²) in [5, 5.41) is 0. The van der Waals surface area contributed by atoms with Crippen LogP contribution in [-0.4, -0.2) is 24.8 Å². The molecule has 3 heteroatoms. The number of hydrogen-bond acceptors (Lipinski definition) is 3. The standard InChI is InChI=1S/C16H30O3/c1-14(2)15(17)18-12-10-8-6-7-9-11-13-19-16(3,4)5/h1,6-13H2,2-5H3. The van der Waals surface area contributed by atoms with Gasteiger partial charge in [-0.25, -0.2) is 4.79 Å². The van der Waals surface area contributed by atoms with E-state index >= 15 is 0 Å². The summed E-state index contributed by atoms with van der Waals surface area (Å²) in [6.07, 6.45) is 6.81. The second-order valence-electron chi connectivity index (χ2n) is 6.00. The number of carbonyl (C=O) groups is 1. The third-order valence-corrected chi connectivity index (χ3v) is 2.66. The first-order valence-corrected chi connectivity index (χ1v) is 7.29. The van der Waals surface area contributed by atoms with Crippen LogP contribution in [-0.2, 0) is 14.3 Å². The summed E-state index contributed by atoms with van der Waals surface area (Å²) in [4.78, 5) is 11.1. The normalized spacial score (nSPS) is 11.4. The van der Waals surface area contributed by atoms with Crippen LogP contribution in [0.2, 0.25) is 0 Å². The number of ether oxygens (including phenoxy) is 2. The van der Waals surface area contributed by atoms with Crippen molar-refractivity contribution in [3.05, 3.63) is 12.2 Å². The zero-order chi connectivity index (χ0) is 14.7. The Morgan fingerprint density at radius 2 is 1.42 bits per heavy atom. The molecule has 0 spiro atoms. The molecular weight excluding hydrogens is 240 g/mol. The SMILES string of the molecule is C=C(C)C(=O)OCCCCCCCCOC(C)(C)C. The Morgan fingerprint density at radius 1 is 0.947 bits per heavy atom. The van der Waals surface area contributed by atoms with E-state index in [9.17, 15) is 4.79 Å². The van der Waals surface area contributed by atoms with Crippen molar-refractivity contribution in [1.82, 2.24) is 0 Å². The molecule has 0 aromatic rings. The van der Waals surface area contributed by atoms with Gasteiger partial charge in [0, 0.05) is 12.2 Å². The number of esters is 1. The Bertz CT molecular complexity index is 264. The minimum absolute atomic E-state index is 0.0207. The molecule has 0 amide bonds. The highest BCUT2D eigenvalue weighted by Gasteiger charge is 2.08. The molecular formula is C16H30O3. The molecule has 0 aliphatic rings. The molecule has 0 unspecified atom stereocenters. The van der Waals surface area contributed by atoms with Crippen LogP contribution in [0.5, 0.6) is 0 Å². The summed E-state index contributed by atoms with van der Waals surface area (Å²) in [5.74, 6) is -0.278. The molecule has 0 N–H and O–H groups in total. The molecule has 0 radical (unpaired) electrons. The summed E-state index contributed by atoms with van der Waals surface area (Å²) >= 11 is 0. The topological polar surface area (TPSA) is 35.5 Å². The zero-order valence-corrected chi connectivity index (χ0v) is 13.1. The van der Waals surface area contributed by atoms with Gasteiger partial charge in [0.2, 0.25) is 0 Å². The molecule has 0 saturated heterocycles. The van der Waals surface area contributed by atoms with Crippen LogP contribution in [0.1, 0.15) is 66.2 Å². The van der Waals surface area contributed by atoms with Crippen molar-refractivity contribution in [1.29, 1.82) is 0 Å². The van der Waals surface area contributed by atoms with Crippen molar-refractivity contribution in [2.75, 3.05) is 13.2 Å². The van der Waals surface area contributed by atoms with Crippen molar-refractivity contribution >= 4 is 5.97 Å². The Kier molecular flexibility index (Phi) is 9.58. The van der Waals surface area contributed by atoms with E-state index in [1.54, 1.807) is 6.92 Å². The number of rotatable bonds is 10. The highest BCUT2D eigenvalue weighted by atomic mass is 16.5. The maximum absolute atomic E-state index is 11.1. The van der Waals surface area contributed by atoms with Crippen LogP contribution < -0.4 is 0 Å². The Morgan fingerprint density at radius 3 is 1.89 bits per heavy atom. The zero-order valence-electron chi connectivity index (χ0n) is 13.1. The molecule has 0 rings (SSSR count). The smallest absolute Gasteiger partial charge is 0.333 e. The van der Waals surface area contributed by atoms with Crippen molar-refractivity contribution < 1.29 is 14.3 Å². The van der Waals surface area contributed by atoms with E-state index < -0.39 is 0 Å². The molecule has 0 bridgehead atoms. The molecule has 0 saturated carbocycles. The lowest BCUT2D eigenvalue weighted by Crippen LogP contribution is -2.19. The van der Waals surface area contributed by atoms with E-state index in [4.69, 9.17) is 9.47 Å². The molecule has 0 aliphatic heterocycles. The minimum Gasteiger partial charge on any atom is -0.462 e. The van der Waals surface area contributed by atoms with E-state index in [0.717, 1.165) is 25.9 Å². The van der Waals surface area contributed by atoms with Gasteiger partial charge in [-0.05, 0) is 40.5 Å². The second-order valence-corrected chi connectivity index (χ2v) is 6.00. The first-order valence-electron chi connectivity index (χ1n) is 7.29. The Hall–Kier alpha value is -0.830. The van der Waals surface area contributed by atoms with Crippen LogP contribution in [0.25, 0.3) is 0 Å². The van der Waals surface area contributed by atoms with Gasteiger partial charge >= 0.3 is 5.97 Å². The van der Waals surface area contributed by atoms with Crippen LogP contribution in [0.15, 0.2) is 12.2 Å². The lowest BCUT2D eigenvalue weighted by atomic mass is 10.1. The van der Waals surface area contributed by atoms with Crippen molar-refractivity contribution in [3.8, 4) is 0 Å². The maximum Gasteiger partial charge on any atom is 0.333 e. The Labute approximate surface area is 118 Å². The maximum atomic E-state index is 11.1. The van der Waals surface area contributed by atoms with Crippen LogP contribution >= 0.6 is 0 Å². The first kappa shape index (κ1) is 18.2. The molecule has 3 nitrogen and oxygen atoms in total. The molecule has 19 heavy (non-hydrogen) atoms. The van der Waals surface area contributed by atoms with Crippen molar-refractivity contribution in [2.24, 2.45) is 0 Å². The van der Waals surface area contributed by atoms with Crippen molar-refractivity contribution in [3.63, 3.8) is 0 Å². The van der Waals surface area contributed by atoms with Crippen LogP contribution in [0, 0.1) is 0 Å². The van der Waals surface area contributed by atoms with E-state index in [2.05, 4.69) is 27.4 Å². The third kappa shape index (κ3) is 13.4. The largest absolute Gasteiger partial charge is 0.462 e. The van der Waals surface area contributed by atoms with E-state index in [1.165, 1.54) is 19.3 Å². The fourth-order valence-electron chi connectivity index (χ4n) is 1.58. The van der Waals surface area contributed by atoms with Gasteiger partial charge in [0.25, 0.3) is 0 Å². The molecule has 0 aliphatic carbocycles. The lowest BCUT2D eigenvalue weighted by molar-refractivity contribution is -0.139. The number of unbranched alkanes of at least 4 members (excludes halogenated alkanes) is 5. The van der Waals surface area contributed by atoms with E-state index in [0.29, 0.717) is 12.2 Å². The fourth-order valence-corrected chi connectivity index (χ4v) is 1.58. The summed E-state index contributed by atoms with van der Waals surface area (Å²) in [6.45, 7) is 12.8. The summed E-state index contributed by atoms with van der Waals surface area (Å²) in [7, 11) is 0. The van der Waals surface area contributed by atoms with Gasteiger partial charge in [-0.2, -0.15) is 0 Å². The van der Waals surface area contributed by atoms with Crippen LogP contribution in [0.3, 0.4) is 0 Å². The van der Waals surface area contributed by atoms with E-state index in [1.807, 2.05) is 0 Å². The van der Waals surface area contributed by atoms with Gasteiger partial charge in [0.05, 0.1) is 12.2 Å². The molecule has 0 heterocycles. The van der Waals surface area contributed by atoms with Crippen molar-refractivity contribution in [2.45, 2.75) is 71.8 Å². The highest BCUT2D eigenvalue weighted by molar-refractivity contribution is 5.86. The number of hydrogen-bond donors (Lipinski definition) is 0. The van der Waals surface area contributed by atoms with Crippen LogP contribution in [0.4, 0.5) is 0 Å². The highest BCUT2D eigenvalue weighted by Crippen LogP contribution is 2.10. The van der Waals surface area contributed by atoms with Gasteiger partial charge in [0.1, 0.15) is 0 Å². The summed E-state index contributed by atoms with van der Waals surface area (Å²) in [5.41, 5.74) is 0.450. The number of carbonyl (C=O) groups excluding carboxylic acids is 1. The van der Waals surface area contributed by atoms with E-state index in [-0.39, 0.29) is 11.6 Å². The molecule has 0 atom stereocenters. The lowest BCUT2D eigenvalue weighted by Gasteiger charge is -2.19. The van der Waals surface area contributed by atoms with Gasteiger partial charge < -0.3 is 9.47 Å². The average molecular weight is 270 g/mol. The Balaban J connectivity index is 3.20. The third-order valence-electron chi connectivity index (χ3n) is 2.66. The first-order chi connectivity index (χ1) is 8.83. The second kappa shape index (κ2) is 10.0. The van der Waals surface area contributed by atoms with Gasteiger partial charge in [-0.3, -0.25) is 0 Å². The van der Waals surface area contributed by atoms with Gasteiger partial charge in [-0.15, -0.1) is 0 Å². The van der Waals surface area contributed by atoms with Gasteiger partial charge in [-0.1, -0.05) is 32.3 Å². The summed E-state index contributed by atoms with van der Waals surface area (Å²) in [6, 6.07) is 0. The average Bonchev–Trinajstić information content (AvgIpc) is 2.29. The molecule has 112 valence electrons. The summed E-state index contributed by atoms with van der Waals surface area (Å²) < 4.78 is 10.7. The molecule has 0 aromatic heterocycles. The quantitative estimate of drug-likeness (QED) is 0.338. The monoisotopic (exact) mass is 270 g/mol. The van der Waals surface area contributed by atoms with Gasteiger partial charge in [0.15, 0.2) is 0 Å². The fraction of sp³-hybridized carbons (Fsp3) is 0.812. The molecule has 0 fully saturated rings.